The van der Waals surface area contributed by atoms with E-state index in [4.69, 9.17) is 4.74 Å². The Kier molecular flexibility index (Phi) is 6.32. The van der Waals surface area contributed by atoms with Gasteiger partial charge >= 0.3 is 0 Å². The summed E-state index contributed by atoms with van der Waals surface area (Å²) >= 11 is 0. The lowest BCUT2D eigenvalue weighted by Crippen LogP contribution is -2.48. The number of benzene rings is 2. The number of aromatic nitrogens is 2. The molecule has 7 heteroatoms. The Morgan fingerprint density at radius 1 is 1.23 bits per heavy atom. The zero-order valence-corrected chi connectivity index (χ0v) is 17.9. The molecule has 1 saturated heterocycles. The van der Waals surface area contributed by atoms with Gasteiger partial charge in [0.15, 0.2) is 0 Å². The van der Waals surface area contributed by atoms with Gasteiger partial charge in [-0.15, -0.1) is 0 Å². The third-order valence-corrected chi connectivity index (χ3v) is 5.86. The molecule has 31 heavy (non-hydrogen) atoms. The van der Waals surface area contributed by atoms with Gasteiger partial charge in [-0.3, -0.25) is 9.69 Å². The van der Waals surface area contributed by atoms with Crippen LogP contribution in [0.1, 0.15) is 28.8 Å². The Morgan fingerprint density at radius 2 is 2.00 bits per heavy atom. The number of likely N-dealkylation sites (tertiary alicyclic amines) is 1. The highest BCUT2D eigenvalue weighted by molar-refractivity contribution is 5.93. The molecule has 1 aliphatic heterocycles. The van der Waals surface area contributed by atoms with Crippen molar-refractivity contribution in [2.75, 3.05) is 27.2 Å². The average molecular weight is 423 g/mol. The quantitative estimate of drug-likeness (QED) is 0.607. The van der Waals surface area contributed by atoms with Crippen molar-refractivity contribution in [3.8, 4) is 11.4 Å². The normalized spacial score (nSPS) is 16.8. The Balaban J connectivity index is 1.44. The molecule has 2 heterocycles. The van der Waals surface area contributed by atoms with Crippen LogP contribution in [-0.2, 0) is 6.54 Å². The summed E-state index contributed by atoms with van der Waals surface area (Å²) in [5.74, 6) is 0.436. The molecule has 0 bridgehead atoms. The lowest BCUT2D eigenvalue weighted by Gasteiger charge is -2.37. The van der Waals surface area contributed by atoms with E-state index in [0.717, 1.165) is 31.6 Å². The summed E-state index contributed by atoms with van der Waals surface area (Å²) in [7, 11) is 3.44. The van der Waals surface area contributed by atoms with Crippen LogP contribution >= 0.6 is 0 Å². The van der Waals surface area contributed by atoms with E-state index < -0.39 is 0 Å². The topological polar surface area (TPSA) is 50.6 Å². The molecular weight excluding hydrogens is 395 g/mol. The number of amides is 1. The summed E-state index contributed by atoms with van der Waals surface area (Å²) in [5, 5.41) is 4.36. The van der Waals surface area contributed by atoms with Gasteiger partial charge in [-0.2, -0.15) is 5.10 Å². The maximum absolute atomic E-state index is 14.0. The fraction of sp³-hybridized carbons (Fsp3) is 0.333. The van der Waals surface area contributed by atoms with E-state index in [9.17, 15) is 9.18 Å². The minimum atomic E-state index is -0.183. The van der Waals surface area contributed by atoms with Gasteiger partial charge < -0.3 is 9.64 Å². The molecule has 0 N–H and O–H groups in total. The number of methoxy groups -OCH3 is 1. The Labute approximate surface area is 181 Å². The standard InChI is InChI=1S/C24H27FN4O2/c1-27(20-9-7-13-28(17-20)15-18-8-3-4-10-21(18)25)24(30)19-14-26-29(16-19)22-11-5-6-12-23(22)31-2/h3-6,8,10-12,14,16,20H,7,9,13,15,17H2,1-2H3. The summed E-state index contributed by atoms with van der Waals surface area (Å²) in [5.41, 5.74) is 2.00. The highest BCUT2D eigenvalue weighted by atomic mass is 19.1. The van der Waals surface area contributed by atoms with E-state index in [0.29, 0.717) is 23.4 Å². The van der Waals surface area contributed by atoms with Crippen molar-refractivity contribution in [2.45, 2.75) is 25.4 Å². The van der Waals surface area contributed by atoms with Gasteiger partial charge in [0.2, 0.25) is 0 Å². The number of halogens is 1. The smallest absolute Gasteiger partial charge is 0.257 e. The maximum Gasteiger partial charge on any atom is 0.257 e. The second-order valence-electron chi connectivity index (χ2n) is 7.88. The van der Waals surface area contributed by atoms with E-state index >= 15 is 0 Å². The molecule has 1 aromatic heterocycles. The van der Waals surface area contributed by atoms with Gasteiger partial charge in [-0.25, -0.2) is 9.07 Å². The summed E-state index contributed by atoms with van der Waals surface area (Å²) in [4.78, 5) is 17.1. The van der Waals surface area contributed by atoms with Crippen molar-refractivity contribution < 1.29 is 13.9 Å². The van der Waals surface area contributed by atoms with Crippen molar-refractivity contribution in [1.29, 1.82) is 0 Å². The first-order valence-electron chi connectivity index (χ1n) is 10.5. The molecule has 0 aliphatic carbocycles. The number of carbonyl (C=O) groups is 1. The van der Waals surface area contributed by atoms with Crippen LogP contribution in [0, 0.1) is 5.82 Å². The Bertz CT molecular complexity index is 1050. The third kappa shape index (κ3) is 4.61. The van der Waals surface area contributed by atoms with Gasteiger partial charge in [-0.05, 0) is 37.6 Å². The zero-order chi connectivity index (χ0) is 21.8. The minimum Gasteiger partial charge on any atom is -0.494 e. The van der Waals surface area contributed by atoms with Crippen molar-refractivity contribution in [3.63, 3.8) is 0 Å². The number of carbonyl (C=O) groups excluding carboxylic acids is 1. The van der Waals surface area contributed by atoms with Crippen LogP contribution in [0.2, 0.25) is 0 Å². The van der Waals surface area contributed by atoms with Crippen LogP contribution in [0.4, 0.5) is 4.39 Å². The number of piperidine rings is 1. The molecule has 1 atom stereocenters. The summed E-state index contributed by atoms with van der Waals surface area (Å²) in [6.07, 6.45) is 5.22. The molecule has 3 aromatic rings. The predicted octanol–water partition coefficient (Wildman–Crippen LogP) is 3.76. The van der Waals surface area contributed by atoms with Crippen LogP contribution in [0.5, 0.6) is 5.75 Å². The molecule has 162 valence electrons. The van der Waals surface area contributed by atoms with Gasteiger partial charge in [0, 0.05) is 37.9 Å². The molecule has 2 aromatic carbocycles. The molecule has 1 aliphatic rings. The van der Waals surface area contributed by atoms with Crippen molar-refractivity contribution in [2.24, 2.45) is 0 Å². The average Bonchev–Trinajstić information content (AvgIpc) is 3.30. The molecule has 4 rings (SSSR count). The number of para-hydroxylation sites is 2. The number of rotatable bonds is 6. The largest absolute Gasteiger partial charge is 0.494 e. The first-order valence-corrected chi connectivity index (χ1v) is 10.5. The van der Waals surface area contributed by atoms with Crippen molar-refractivity contribution in [3.05, 3.63) is 77.9 Å². The van der Waals surface area contributed by atoms with E-state index in [2.05, 4.69) is 10.00 Å². The van der Waals surface area contributed by atoms with Crippen LogP contribution < -0.4 is 4.74 Å². The fourth-order valence-electron chi connectivity index (χ4n) is 4.11. The van der Waals surface area contributed by atoms with Crippen molar-refractivity contribution >= 4 is 5.91 Å². The Hall–Kier alpha value is -3.19. The van der Waals surface area contributed by atoms with Gasteiger partial charge in [-0.1, -0.05) is 30.3 Å². The third-order valence-electron chi connectivity index (χ3n) is 5.86. The second-order valence-corrected chi connectivity index (χ2v) is 7.88. The fourth-order valence-corrected chi connectivity index (χ4v) is 4.11. The zero-order valence-electron chi connectivity index (χ0n) is 17.9. The first kappa shape index (κ1) is 21.1. The lowest BCUT2D eigenvalue weighted by atomic mass is 10.0. The van der Waals surface area contributed by atoms with Crippen LogP contribution in [0.15, 0.2) is 60.9 Å². The molecule has 0 spiro atoms. The van der Waals surface area contributed by atoms with Crippen LogP contribution in [0.3, 0.4) is 0 Å². The number of hydrogen-bond donors (Lipinski definition) is 0. The molecule has 0 radical (unpaired) electrons. The monoisotopic (exact) mass is 422 g/mol. The van der Waals surface area contributed by atoms with E-state index in [1.165, 1.54) is 6.07 Å². The van der Waals surface area contributed by atoms with Crippen molar-refractivity contribution in [1.82, 2.24) is 19.6 Å². The van der Waals surface area contributed by atoms with E-state index in [-0.39, 0.29) is 17.8 Å². The minimum absolute atomic E-state index is 0.0705. The van der Waals surface area contributed by atoms with Gasteiger partial charge in [0.05, 0.1) is 18.9 Å². The number of ether oxygens (including phenoxy) is 1. The molecule has 0 saturated carbocycles. The maximum atomic E-state index is 14.0. The Morgan fingerprint density at radius 3 is 2.81 bits per heavy atom. The molecular formula is C24H27FN4O2. The molecule has 1 amide bonds. The number of nitrogens with zero attached hydrogens (tertiary/aromatic N) is 4. The van der Waals surface area contributed by atoms with E-state index in [1.807, 2.05) is 43.4 Å². The summed E-state index contributed by atoms with van der Waals surface area (Å²) < 4.78 is 21.1. The number of likely N-dealkylation sites (N-methyl/N-ethyl adjacent to an activating group) is 1. The SMILES string of the molecule is COc1ccccc1-n1cc(C(=O)N(C)C2CCCN(Cc3ccccc3F)C2)cn1. The highest BCUT2D eigenvalue weighted by Crippen LogP contribution is 2.23. The lowest BCUT2D eigenvalue weighted by molar-refractivity contribution is 0.0608. The highest BCUT2D eigenvalue weighted by Gasteiger charge is 2.28. The van der Waals surface area contributed by atoms with Crippen LogP contribution in [-0.4, -0.2) is 58.8 Å². The van der Waals surface area contributed by atoms with E-state index in [1.54, 1.807) is 35.2 Å². The summed E-state index contributed by atoms with van der Waals surface area (Å²) in [6.45, 7) is 2.17. The molecule has 1 unspecified atom stereocenters. The molecule has 1 fully saturated rings. The molecule has 6 nitrogen and oxygen atoms in total. The predicted molar refractivity (Wildman–Crippen MR) is 117 cm³/mol. The summed E-state index contributed by atoms with van der Waals surface area (Å²) in [6, 6.07) is 14.5. The van der Waals surface area contributed by atoms with Gasteiger partial charge in [0.1, 0.15) is 17.3 Å². The van der Waals surface area contributed by atoms with Gasteiger partial charge in [0.25, 0.3) is 5.91 Å². The number of hydrogen-bond acceptors (Lipinski definition) is 4. The first-order chi connectivity index (χ1) is 15.1. The second kappa shape index (κ2) is 9.31. The van der Waals surface area contributed by atoms with Crippen LogP contribution in [0.25, 0.3) is 5.69 Å².